The fourth-order valence-corrected chi connectivity index (χ4v) is 4.81. The molecule has 1 aliphatic heterocycles. The van der Waals surface area contributed by atoms with Gasteiger partial charge in [-0.05, 0) is 17.2 Å². The molecule has 0 bridgehead atoms. The number of aromatic nitrogens is 1. The van der Waals surface area contributed by atoms with Crippen LogP contribution in [0.1, 0.15) is 34.5 Å². The van der Waals surface area contributed by atoms with Gasteiger partial charge in [0.2, 0.25) is 0 Å². The molecule has 0 saturated carbocycles. The van der Waals surface area contributed by atoms with Crippen LogP contribution in [0.3, 0.4) is 0 Å². The largest absolute Gasteiger partial charge is 0.464 e. The number of hydrogen-bond acceptors (Lipinski definition) is 6. The second kappa shape index (κ2) is 10.1. The van der Waals surface area contributed by atoms with Gasteiger partial charge < -0.3 is 14.1 Å². The molecule has 0 aliphatic carbocycles. The highest BCUT2D eigenvalue weighted by Gasteiger charge is 2.36. The predicted molar refractivity (Wildman–Crippen MR) is 132 cm³/mol. The van der Waals surface area contributed by atoms with E-state index in [-0.39, 0.29) is 30.6 Å². The molecule has 0 N–H and O–H groups in total. The first-order chi connectivity index (χ1) is 17.1. The van der Waals surface area contributed by atoms with E-state index in [1.165, 1.54) is 6.92 Å². The van der Waals surface area contributed by atoms with Gasteiger partial charge in [0, 0.05) is 44.3 Å². The van der Waals surface area contributed by atoms with Gasteiger partial charge >= 0.3 is 5.97 Å². The van der Waals surface area contributed by atoms with Gasteiger partial charge in [-0.25, -0.2) is 0 Å². The molecule has 7 nitrogen and oxygen atoms in total. The normalized spacial score (nSPS) is 16.5. The summed E-state index contributed by atoms with van der Waals surface area (Å²) in [6, 6.07) is 22.1. The van der Waals surface area contributed by atoms with E-state index in [2.05, 4.69) is 34.1 Å². The van der Waals surface area contributed by atoms with Crippen molar-refractivity contribution in [3.8, 4) is 0 Å². The first-order valence-corrected chi connectivity index (χ1v) is 11.7. The number of nitrogens with zero attached hydrogens (tertiary/aromatic N) is 3. The molecule has 0 spiro atoms. The Labute approximate surface area is 203 Å². The number of ether oxygens (including phenoxy) is 1. The predicted octanol–water partition coefficient (Wildman–Crippen LogP) is 4.31. The maximum absolute atomic E-state index is 13.5. The number of carbonyl (C=O) groups excluding carboxylic acids is 2. The fourth-order valence-electron chi connectivity index (χ4n) is 4.81. The molecule has 1 saturated heterocycles. The van der Waals surface area contributed by atoms with Gasteiger partial charge in [0.1, 0.15) is 17.8 Å². The minimum Gasteiger partial charge on any atom is -0.464 e. The lowest BCUT2D eigenvalue weighted by Gasteiger charge is -2.45. The molecule has 2 aromatic heterocycles. The molecule has 1 fully saturated rings. The molecule has 3 heterocycles. The standard InChI is InChI=1S/C28H27N3O4/c1-20(32)35-19-24-18-30(28(33)25-17-29-16-23-12-15-34-27(23)25)13-14-31(24)26(21-8-4-2-5-9-21)22-10-6-3-7-11-22/h2-12,15-17,24,26H,13-14,18-19H2,1H3. The van der Waals surface area contributed by atoms with E-state index >= 15 is 0 Å². The van der Waals surface area contributed by atoms with Crippen LogP contribution in [0.2, 0.25) is 0 Å². The van der Waals surface area contributed by atoms with Gasteiger partial charge in [0.15, 0.2) is 0 Å². The average Bonchev–Trinajstić information content (AvgIpc) is 3.38. The number of hydrogen-bond donors (Lipinski definition) is 0. The summed E-state index contributed by atoms with van der Waals surface area (Å²) >= 11 is 0. The summed E-state index contributed by atoms with van der Waals surface area (Å²) in [5.41, 5.74) is 3.27. The van der Waals surface area contributed by atoms with Crippen molar-refractivity contribution in [2.45, 2.75) is 19.0 Å². The van der Waals surface area contributed by atoms with E-state index in [1.54, 1.807) is 29.6 Å². The Morgan fingerprint density at radius 3 is 2.34 bits per heavy atom. The Morgan fingerprint density at radius 1 is 1.00 bits per heavy atom. The lowest BCUT2D eigenvalue weighted by Crippen LogP contribution is -2.57. The molecule has 35 heavy (non-hydrogen) atoms. The van der Waals surface area contributed by atoms with E-state index in [0.717, 1.165) is 16.5 Å². The third-order valence-corrected chi connectivity index (χ3v) is 6.44. The van der Waals surface area contributed by atoms with Crippen molar-refractivity contribution >= 4 is 22.8 Å². The molecule has 1 aliphatic rings. The number of piperazine rings is 1. The van der Waals surface area contributed by atoms with Gasteiger partial charge in [0.25, 0.3) is 5.91 Å². The van der Waals surface area contributed by atoms with E-state index in [9.17, 15) is 9.59 Å². The molecule has 1 atom stereocenters. The molecule has 1 amide bonds. The third kappa shape index (κ3) is 4.81. The van der Waals surface area contributed by atoms with Crippen LogP contribution in [0.25, 0.3) is 11.0 Å². The first kappa shape index (κ1) is 22.8. The van der Waals surface area contributed by atoms with Crippen molar-refractivity contribution in [1.82, 2.24) is 14.8 Å². The van der Waals surface area contributed by atoms with E-state index in [4.69, 9.17) is 9.15 Å². The number of amides is 1. The number of rotatable bonds is 6. The van der Waals surface area contributed by atoms with E-state index in [0.29, 0.717) is 30.8 Å². The summed E-state index contributed by atoms with van der Waals surface area (Å²) in [6.45, 7) is 3.17. The van der Waals surface area contributed by atoms with Crippen molar-refractivity contribution < 1.29 is 18.7 Å². The molecular formula is C28H27N3O4. The molecule has 5 rings (SSSR count). The van der Waals surface area contributed by atoms with Crippen LogP contribution in [-0.4, -0.2) is 58.9 Å². The zero-order valence-electron chi connectivity index (χ0n) is 19.5. The monoisotopic (exact) mass is 469 g/mol. The number of furan rings is 1. The number of esters is 1. The molecule has 178 valence electrons. The van der Waals surface area contributed by atoms with Gasteiger partial charge in [0.05, 0.1) is 18.3 Å². The molecule has 4 aromatic rings. The Morgan fingerprint density at radius 2 is 1.69 bits per heavy atom. The minimum absolute atomic E-state index is 0.0367. The second-order valence-electron chi connectivity index (χ2n) is 8.70. The number of pyridine rings is 1. The topological polar surface area (TPSA) is 75.9 Å². The Hall–Kier alpha value is -3.97. The van der Waals surface area contributed by atoms with Crippen LogP contribution >= 0.6 is 0 Å². The highest BCUT2D eigenvalue weighted by molar-refractivity contribution is 6.04. The highest BCUT2D eigenvalue weighted by atomic mass is 16.5. The van der Waals surface area contributed by atoms with Crippen LogP contribution in [0, 0.1) is 0 Å². The number of benzene rings is 2. The molecule has 2 aromatic carbocycles. The maximum atomic E-state index is 13.5. The van der Waals surface area contributed by atoms with Gasteiger partial charge in [-0.3, -0.25) is 19.5 Å². The maximum Gasteiger partial charge on any atom is 0.302 e. The number of carbonyl (C=O) groups is 2. The van der Waals surface area contributed by atoms with Crippen LogP contribution < -0.4 is 0 Å². The van der Waals surface area contributed by atoms with Crippen molar-refractivity contribution in [1.29, 1.82) is 0 Å². The lowest BCUT2D eigenvalue weighted by atomic mass is 9.94. The first-order valence-electron chi connectivity index (χ1n) is 11.7. The van der Waals surface area contributed by atoms with Gasteiger partial charge in [-0.2, -0.15) is 0 Å². The van der Waals surface area contributed by atoms with Crippen LogP contribution in [-0.2, 0) is 9.53 Å². The van der Waals surface area contributed by atoms with E-state index < -0.39 is 0 Å². The van der Waals surface area contributed by atoms with Crippen molar-refractivity contribution in [2.24, 2.45) is 0 Å². The third-order valence-electron chi connectivity index (χ3n) is 6.44. The quantitative estimate of drug-likeness (QED) is 0.392. The van der Waals surface area contributed by atoms with Gasteiger partial charge in [-0.15, -0.1) is 0 Å². The highest BCUT2D eigenvalue weighted by Crippen LogP contribution is 2.32. The van der Waals surface area contributed by atoms with Gasteiger partial charge in [-0.1, -0.05) is 60.7 Å². The van der Waals surface area contributed by atoms with Crippen LogP contribution in [0.5, 0.6) is 0 Å². The molecular weight excluding hydrogens is 442 g/mol. The molecule has 0 radical (unpaired) electrons. The van der Waals surface area contributed by atoms with Crippen molar-refractivity contribution in [3.63, 3.8) is 0 Å². The minimum atomic E-state index is -0.339. The molecule has 1 unspecified atom stereocenters. The summed E-state index contributed by atoms with van der Waals surface area (Å²) in [7, 11) is 0. The smallest absolute Gasteiger partial charge is 0.302 e. The summed E-state index contributed by atoms with van der Waals surface area (Å²) in [6.07, 6.45) is 4.80. The zero-order valence-corrected chi connectivity index (χ0v) is 19.5. The summed E-state index contributed by atoms with van der Waals surface area (Å²) in [5.74, 6) is -0.476. The summed E-state index contributed by atoms with van der Waals surface area (Å²) in [4.78, 5) is 33.6. The average molecular weight is 470 g/mol. The fraction of sp³-hybridized carbons (Fsp3) is 0.250. The Balaban J connectivity index is 1.47. The second-order valence-corrected chi connectivity index (χ2v) is 8.70. The summed E-state index contributed by atoms with van der Waals surface area (Å²) in [5, 5.41) is 0.791. The Kier molecular flexibility index (Phi) is 6.59. The van der Waals surface area contributed by atoms with Crippen LogP contribution in [0.15, 0.2) is 89.8 Å². The summed E-state index contributed by atoms with van der Waals surface area (Å²) < 4.78 is 11.1. The Bertz CT molecular complexity index is 1270. The zero-order chi connectivity index (χ0) is 24.2. The van der Waals surface area contributed by atoms with Crippen molar-refractivity contribution in [2.75, 3.05) is 26.2 Å². The van der Waals surface area contributed by atoms with Crippen LogP contribution in [0.4, 0.5) is 0 Å². The van der Waals surface area contributed by atoms with Crippen molar-refractivity contribution in [3.05, 3.63) is 102 Å². The number of fused-ring (bicyclic) bond motifs is 1. The lowest BCUT2D eigenvalue weighted by molar-refractivity contribution is -0.143. The molecule has 7 heteroatoms. The van der Waals surface area contributed by atoms with E-state index in [1.807, 2.05) is 36.4 Å². The SMILES string of the molecule is CC(=O)OCC1CN(C(=O)c2cncc3ccoc23)CCN1C(c1ccccc1)c1ccccc1.